The Hall–Kier alpha value is -0.260. The van der Waals surface area contributed by atoms with Crippen molar-refractivity contribution in [3.63, 3.8) is 0 Å². The lowest BCUT2D eigenvalue weighted by Gasteiger charge is -1.91. The number of rotatable bonds is 2. The first-order valence-electron chi connectivity index (χ1n) is 2.06. The summed E-state index contributed by atoms with van der Waals surface area (Å²) in [5.41, 5.74) is 0. The topological polar surface area (TPSA) is 0 Å². The van der Waals surface area contributed by atoms with E-state index in [0.717, 1.165) is 6.42 Å². The third kappa shape index (κ3) is 3.74. The van der Waals surface area contributed by atoms with Crippen LogP contribution in [0.4, 0.5) is 0 Å². The molecule has 0 aliphatic carbocycles. The van der Waals surface area contributed by atoms with Gasteiger partial charge >= 0.3 is 0 Å². The Morgan fingerprint density at radius 2 is 2.17 bits per heavy atom. The highest BCUT2D eigenvalue weighted by molar-refractivity contribution is 4.81. The van der Waals surface area contributed by atoms with Crippen molar-refractivity contribution < 1.29 is 0 Å². The zero-order chi connectivity index (χ0) is 4.99. The van der Waals surface area contributed by atoms with E-state index in [1.54, 1.807) is 0 Å². The summed E-state index contributed by atoms with van der Waals surface area (Å²) in [7, 11) is 0. The summed E-state index contributed by atoms with van der Waals surface area (Å²) in [5, 5.41) is 0. The van der Waals surface area contributed by atoms with Gasteiger partial charge in [0.15, 0.2) is 0 Å². The van der Waals surface area contributed by atoms with Gasteiger partial charge in [-0.15, -0.1) is 0 Å². The first-order chi connectivity index (χ1) is 2.77. The van der Waals surface area contributed by atoms with E-state index in [-0.39, 0.29) is 0 Å². The molecule has 0 aliphatic rings. The van der Waals surface area contributed by atoms with E-state index in [1.807, 2.05) is 0 Å². The normalized spacial score (nSPS) is 9.17. The molecule has 0 heteroatoms. The Labute approximate surface area is 39.9 Å². The fourth-order valence-corrected chi connectivity index (χ4v) is 0.250. The van der Waals surface area contributed by atoms with Crippen molar-refractivity contribution in [2.24, 2.45) is 0 Å². The van der Waals surface area contributed by atoms with Gasteiger partial charge in [-0.05, 0) is 12.3 Å². The average Bonchev–Trinajstić information content (AvgIpc) is 1.35. The lowest BCUT2D eigenvalue weighted by atomic mass is 10.1. The molecule has 0 rings (SSSR count). The van der Waals surface area contributed by atoms with Gasteiger partial charge in [-0.2, -0.15) is 0 Å². The molecule has 0 bridgehead atoms. The zero-order valence-electron chi connectivity index (χ0n) is 4.41. The summed E-state index contributed by atoms with van der Waals surface area (Å²) in [6.07, 6.45) is 3.71. The first-order valence-corrected chi connectivity index (χ1v) is 2.06. The van der Waals surface area contributed by atoms with Gasteiger partial charge in [0.2, 0.25) is 0 Å². The molecule has 0 aromatic heterocycles. The Kier molecular flexibility index (Phi) is 2.82. The molecular weight excluding hydrogens is 72.1 g/mol. The van der Waals surface area contributed by atoms with Crippen LogP contribution >= 0.6 is 0 Å². The summed E-state index contributed by atoms with van der Waals surface area (Å²) < 4.78 is 0. The molecule has 0 amide bonds. The maximum atomic E-state index is 3.46. The van der Waals surface area contributed by atoms with Gasteiger partial charge in [0.1, 0.15) is 0 Å². The molecule has 0 N–H and O–H groups in total. The smallest absolute Gasteiger partial charge is 0.0225 e. The lowest BCUT2D eigenvalue weighted by molar-refractivity contribution is 0.977. The molecule has 0 aromatic carbocycles. The van der Waals surface area contributed by atoms with E-state index in [9.17, 15) is 0 Å². The van der Waals surface area contributed by atoms with Crippen molar-refractivity contribution in [2.45, 2.75) is 20.3 Å². The van der Waals surface area contributed by atoms with Crippen LogP contribution in [0.3, 0.4) is 0 Å². The summed E-state index contributed by atoms with van der Waals surface area (Å²) in [6, 6.07) is 0. The van der Waals surface area contributed by atoms with Gasteiger partial charge in [-0.25, -0.2) is 0 Å². The van der Waals surface area contributed by atoms with Gasteiger partial charge in [0.05, 0.1) is 0 Å². The molecule has 2 radical (unpaired) electrons. The third-order valence-corrected chi connectivity index (χ3v) is 0.479. The van der Waals surface area contributed by atoms with Crippen molar-refractivity contribution in [1.82, 2.24) is 0 Å². The van der Waals surface area contributed by atoms with Crippen LogP contribution in [0.5, 0.6) is 0 Å². The van der Waals surface area contributed by atoms with Gasteiger partial charge < -0.3 is 0 Å². The van der Waals surface area contributed by atoms with Crippen LogP contribution < -0.4 is 0 Å². The third-order valence-electron chi connectivity index (χ3n) is 0.479. The van der Waals surface area contributed by atoms with Gasteiger partial charge in [0, 0.05) is 0 Å². The lowest BCUT2D eigenvalue weighted by Crippen LogP contribution is -1.76. The molecule has 0 aromatic rings. The fourth-order valence-electron chi connectivity index (χ4n) is 0.250. The molecule has 0 nitrogen and oxygen atoms in total. The largest absolute Gasteiger partial charge is 0.0956 e. The fraction of sp³-hybridized carbons (Fsp3) is 0.500. The molecule has 0 fully saturated rings. The van der Waals surface area contributed by atoms with E-state index in [1.165, 1.54) is 5.92 Å². The Bertz CT molecular complexity index is 35.3. The van der Waals surface area contributed by atoms with Crippen LogP contribution in [0.15, 0.2) is 6.58 Å². The van der Waals surface area contributed by atoms with E-state index in [0.29, 0.717) is 0 Å². The molecule has 34 valence electrons. The maximum absolute atomic E-state index is 3.46. The van der Waals surface area contributed by atoms with E-state index in [4.69, 9.17) is 0 Å². The SMILES string of the molecule is C=[C]C[C](C)C. The summed E-state index contributed by atoms with van der Waals surface area (Å²) in [6.45, 7) is 7.59. The highest BCUT2D eigenvalue weighted by Crippen LogP contribution is 1.99. The van der Waals surface area contributed by atoms with E-state index < -0.39 is 0 Å². The highest BCUT2D eigenvalue weighted by Gasteiger charge is 1.84. The standard InChI is InChI=1S/C6H10/c1-4-5-6(2)3/h1,5H2,2-3H3. The number of hydrogen-bond acceptors (Lipinski definition) is 0. The minimum absolute atomic E-state index is 0.931. The Morgan fingerprint density at radius 1 is 1.67 bits per heavy atom. The monoisotopic (exact) mass is 82.1 g/mol. The van der Waals surface area contributed by atoms with Crippen molar-refractivity contribution >= 4 is 0 Å². The average molecular weight is 82.1 g/mol. The van der Waals surface area contributed by atoms with Crippen LogP contribution in [-0.4, -0.2) is 0 Å². The quantitative estimate of drug-likeness (QED) is 0.478. The summed E-state index contributed by atoms with van der Waals surface area (Å²) in [4.78, 5) is 0. The minimum atomic E-state index is 0.931. The molecule has 0 spiro atoms. The summed E-state index contributed by atoms with van der Waals surface area (Å²) in [5.74, 6) is 1.37. The number of allylic oxidation sites excluding steroid dienone is 1. The molecule has 0 aliphatic heterocycles. The Morgan fingerprint density at radius 3 is 2.17 bits per heavy atom. The van der Waals surface area contributed by atoms with Crippen molar-refractivity contribution in [2.75, 3.05) is 0 Å². The highest BCUT2D eigenvalue weighted by atomic mass is 13.9. The van der Waals surface area contributed by atoms with Crippen molar-refractivity contribution in [3.8, 4) is 0 Å². The van der Waals surface area contributed by atoms with E-state index >= 15 is 0 Å². The second-order valence-electron chi connectivity index (χ2n) is 1.63. The zero-order valence-corrected chi connectivity index (χ0v) is 4.41. The summed E-state index contributed by atoms with van der Waals surface area (Å²) >= 11 is 0. The molecule has 0 saturated carbocycles. The number of hydrogen-bond donors (Lipinski definition) is 0. The van der Waals surface area contributed by atoms with Crippen LogP contribution in [0.2, 0.25) is 0 Å². The van der Waals surface area contributed by atoms with Crippen LogP contribution in [0, 0.1) is 12.0 Å². The van der Waals surface area contributed by atoms with Crippen molar-refractivity contribution in [1.29, 1.82) is 0 Å². The first kappa shape index (κ1) is 5.74. The van der Waals surface area contributed by atoms with E-state index in [2.05, 4.69) is 26.5 Å². The molecule has 6 heavy (non-hydrogen) atoms. The molecule has 0 unspecified atom stereocenters. The second kappa shape index (κ2) is 2.95. The molecular formula is C6H10. The van der Waals surface area contributed by atoms with Gasteiger partial charge in [-0.3, -0.25) is 0 Å². The molecule has 0 saturated heterocycles. The maximum Gasteiger partial charge on any atom is -0.0225 e. The minimum Gasteiger partial charge on any atom is -0.0956 e. The second-order valence-corrected chi connectivity index (χ2v) is 1.63. The predicted molar refractivity (Wildman–Crippen MR) is 28.1 cm³/mol. The van der Waals surface area contributed by atoms with Crippen LogP contribution in [0.1, 0.15) is 20.3 Å². The van der Waals surface area contributed by atoms with Crippen LogP contribution in [-0.2, 0) is 0 Å². The molecule has 0 atom stereocenters. The Balaban J connectivity index is 2.81. The molecule has 0 heterocycles. The van der Waals surface area contributed by atoms with Gasteiger partial charge in [0.25, 0.3) is 0 Å². The predicted octanol–water partition coefficient (Wildman–Crippen LogP) is 1.98. The van der Waals surface area contributed by atoms with Gasteiger partial charge in [-0.1, -0.05) is 26.5 Å². The van der Waals surface area contributed by atoms with Crippen LogP contribution in [0.25, 0.3) is 0 Å². The van der Waals surface area contributed by atoms with Crippen molar-refractivity contribution in [3.05, 3.63) is 18.6 Å².